The summed E-state index contributed by atoms with van der Waals surface area (Å²) < 4.78 is 5.59. The Morgan fingerprint density at radius 3 is 2.32 bits per heavy atom. The first-order valence-corrected chi connectivity index (χ1v) is 6.85. The maximum Gasteiger partial charge on any atom is 0.120 e. The normalized spacial score (nSPS) is 10.3. The monoisotopic (exact) mass is 342 g/mol. The molecule has 0 aromatic heterocycles. The largest absolute Gasteiger partial charge is 0.489 e. The first kappa shape index (κ1) is 23.9. The van der Waals surface area contributed by atoms with Gasteiger partial charge in [0.2, 0.25) is 0 Å². The minimum atomic E-state index is 0. The van der Waals surface area contributed by atoms with Gasteiger partial charge in [0.15, 0.2) is 0 Å². The average molecular weight is 342 g/mol. The third-order valence-corrected chi connectivity index (χ3v) is 1.89. The molecule has 0 spiro atoms. The van der Waals surface area contributed by atoms with Gasteiger partial charge in [0.05, 0.1) is 0 Å². The summed E-state index contributed by atoms with van der Waals surface area (Å²) in [5.74, 6) is 0.874. The molecule has 0 aliphatic rings. The molecule has 0 amide bonds. The minimum absolute atomic E-state index is 0. The summed E-state index contributed by atoms with van der Waals surface area (Å²) in [6.45, 7) is 12.5. The van der Waals surface area contributed by atoms with E-state index in [0.29, 0.717) is 6.54 Å². The zero-order valence-electron chi connectivity index (χ0n) is 13.3. The molecule has 0 aliphatic heterocycles. The molecule has 1 aromatic rings. The number of hydrogen-bond donors (Lipinski definition) is 1. The SMILES string of the molecule is C/C=C/c1cccc(O[C@@H](C)CN)c1.CC.CC.[HH].[Y]. The van der Waals surface area contributed by atoms with Crippen molar-refractivity contribution in [1.29, 1.82) is 0 Å². The smallest absolute Gasteiger partial charge is 0.120 e. The molecule has 0 fully saturated rings. The molecular weight excluding hydrogens is 311 g/mol. The van der Waals surface area contributed by atoms with Crippen LogP contribution in [0.3, 0.4) is 0 Å². The fourth-order valence-corrected chi connectivity index (χ4v) is 1.16. The Kier molecular flexibility index (Phi) is 22.4. The van der Waals surface area contributed by atoms with Gasteiger partial charge in [-0.1, -0.05) is 52.0 Å². The van der Waals surface area contributed by atoms with E-state index < -0.39 is 0 Å². The number of rotatable bonds is 4. The molecule has 2 N–H and O–H groups in total. The third kappa shape index (κ3) is 12.6. The van der Waals surface area contributed by atoms with Gasteiger partial charge >= 0.3 is 0 Å². The number of hydrogen-bond acceptors (Lipinski definition) is 2. The van der Waals surface area contributed by atoms with Crippen LogP contribution in [0.2, 0.25) is 0 Å². The van der Waals surface area contributed by atoms with Gasteiger partial charge in [-0.15, -0.1) is 0 Å². The van der Waals surface area contributed by atoms with Crippen LogP contribution in [0.5, 0.6) is 5.75 Å². The number of benzene rings is 1. The summed E-state index contributed by atoms with van der Waals surface area (Å²) in [4.78, 5) is 0. The van der Waals surface area contributed by atoms with Gasteiger partial charge < -0.3 is 10.5 Å². The summed E-state index contributed by atoms with van der Waals surface area (Å²) in [6, 6.07) is 7.97. The van der Waals surface area contributed by atoms with Crippen molar-refractivity contribution in [2.24, 2.45) is 5.73 Å². The fourth-order valence-electron chi connectivity index (χ4n) is 1.16. The zero-order valence-corrected chi connectivity index (χ0v) is 16.1. The quantitative estimate of drug-likeness (QED) is 0.858. The van der Waals surface area contributed by atoms with E-state index in [2.05, 4.69) is 0 Å². The maximum absolute atomic E-state index is 5.59. The van der Waals surface area contributed by atoms with E-state index in [1.165, 1.54) is 0 Å². The first-order valence-electron chi connectivity index (χ1n) is 6.85. The van der Waals surface area contributed by atoms with Crippen molar-refractivity contribution >= 4 is 6.08 Å². The molecule has 0 aliphatic carbocycles. The van der Waals surface area contributed by atoms with Crippen molar-refractivity contribution in [3.63, 3.8) is 0 Å². The Hall–Kier alpha value is -0.176. The van der Waals surface area contributed by atoms with E-state index in [1.54, 1.807) is 0 Å². The second-order valence-electron chi connectivity index (χ2n) is 3.24. The molecule has 1 atom stereocenters. The molecule has 1 radical (unpaired) electrons. The molecule has 109 valence electrons. The van der Waals surface area contributed by atoms with E-state index in [9.17, 15) is 0 Å². The molecule has 0 unspecified atom stereocenters. The van der Waals surface area contributed by atoms with Crippen LogP contribution < -0.4 is 10.5 Å². The van der Waals surface area contributed by atoms with Gasteiger partial charge in [-0.2, -0.15) is 0 Å². The predicted molar refractivity (Wildman–Crippen MR) is 85.1 cm³/mol. The molecule has 19 heavy (non-hydrogen) atoms. The predicted octanol–water partition coefficient (Wildman–Crippen LogP) is 4.74. The Labute approximate surface area is 146 Å². The molecule has 3 heteroatoms. The van der Waals surface area contributed by atoms with Crippen LogP contribution in [-0.4, -0.2) is 12.6 Å². The van der Waals surface area contributed by atoms with E-state index in [0.717, 1.165) is 11.3 Å². The van der Waals surface area contributed by atoms with Crippen LogP contribution in [0.15, 0.2) is 30.3 Å². The van der Waals surface area contributed by atoms with Crippen LogP contribution in [0.1, 0.15) is 48.5 Å². The number of allylic oxidation sites excluding steroid dienone is 1. The van der Waals surface area contributed by atoms with Gasteiger partial charge in [0, 0.05) is 40.7 Å². The van der Waals surface area contributed by atoms with Gasteiger partial charge in [-0.3, -0.25) is 0 Å². The van der Waals surface area contributed by atoms with Crippen LogP contribution in [-0.2, 0) is 32.7 Å². The molecule has 0 saturated carbocycles. The van der Waals surface area contributed by atoms with Crippen LogP contribution in [0, 0.1) is 0 Å². The van der Waals surface area contributed by atoms with Crippen molar-refractivity contribution in [2.45, 2.75) is 47.6 Å². The molecule has 1 aromatic carbocycles. The Bertz CT molecular complexity index is 319. The molecule has 0 bridgehead atoms. The summed E-state index contributed by atoms with van der Waals surface area (Å²) >= 11 is 0. The molecule has 2 nitrogen and oxygen atoms in total. The third-order valence-electron chi connectivity index (χ3n) is 1.89. The second-order valence-corrected chi connectivity index (χ2v) is 3.24. The Balaban J connectivity index is -0.000000196. The maximum atomic E-state index is 5.59. The number of nitrogens with two attached hydrogens (primary N) is 1. The summed E-state index contributed by atoms with van der Waals surface area (Å²) in [5.41, 5.74) is 6.63. The van der Waals surface area contributed by atoms with Crippen molar-refractivity contribution < 1.29 is 38.9 Å². The van der Waals surface area contributed by atoms with Crippen molar-refractivity contribution in [2.75, 3.05) is 6.54 Å². The van der Waals surface area contributed by atoms with Crippen LogP contribution in [0.25, 0.3) is 6.08 Å². The van der Waals surface area contributed by atoms with Gasteiger partial charge in [-0.25, -0.2) is 0 Å². The molecule has 0 heterocycles. The van der Waals surface area contributed by atoms with Crippen molar-refractivity contribution in [3.05, 3.63) is 35.9 Å². The van der Waals surface area contributed by atoms with Gasteiger partial charge in [-0.05, 0) is 31.5 Å². The molecule has 1 rings (SSSR count). The Morgan fingerprint density at radius 2 is 1.84 bits per heavy atom. The minimum Gasteiger partial charge on any atom is -0.489 e. The topological polar surface area (TPSA) is 35.2 Å². The van der Waals surface area contributed by atoms with E-state index in [-0.39, 0.29) is 40.2 Å². The van der Waals surface area contributed by atoms with E-state index in [1.807, 2.05) is 78.0 Å². The zero-order chi connectivity index (χ0) is 14.4. The Morgan fingerprint density at radius 1 is 1.26 bits per heavy atom. The van der Waals surface area contributed by atoms with Gasteiger partial charge in [0.1, 0.15) is 11.9 Å². The summed E-state index contributed by atoms with van der Waals surface area (Å²) in [7, 11) is 0. The summed E-state index contributed by atoms with van der Waals surface area (Å²) in [5, 5.41) is 0. The number of ether oxygens (including phenoxy) is 1. The fraction of sp³-hybridized carbons (Fsp3) is 0.500. The van der Waals surface area contributed by atoms with Gasteiger partial charge in [0.25, 0.3) is 0 Å². The molecule has 0 saturated heterocycles. The molecular formula is C16H31NOY. The first-order chi connectivity index (χ1) is 8.76. The second kappa shape index (κ2) is 17.8. The van der Waals surface area contributed by atoms with Crippen LogP contribution >= 0.6 is 0 Å². The van der Waals surface area contributed by atoms with Crippen LogP contribution in [0.4, 0.5) is 0 Å². The van der Waals surface area contributed by atoms with Crippen molar-refractivity contribution in [3.8, 4) is 5.75 Å². The standard InChI is InChI=1S/C12H17NO.2C2H6.Y.H2/c1-3-5-11-6-4-7-12(8-11)14-10(2)9-13;2*1-2;;/h3-8,10H,9,13H2,1-2H3;2*1-2H3;;1H/b5-3+;;;;/t10-;;;;/m0..../s1. The summed E-state index contributed by atoms with van der Waals surface area (Å²) in [6.07, 6.45) is 4.11. The van der Waals surface area contributed by atoms with E-state index >= 15 is 0 Å². The van der Waals surface area contributed by atoms with E-state index in [4.69, 9.17) is 10.5 Å². The van der Waals surface area contributed by atoms with Crippen molar-refractivity contribution in [1.82, 2.24) is 0 Å². The average Bonchev–Trinajstić information content (AvgIpc) is 2.44.